The minimum absolute atomic E-state index is 0.164. The molecule has 0 saturated carbocycles. The molecule has 0 bridgehead atoms. The summed E-state index contributed by atoms with van der Waals surface area (Å²) in [6.45, 7) is 11.5. The molecule has 3 aromatic rings. The molecule has 202 valence electrons. The first-order valence-corrected chi connectivity index (χ1v) is 14.6. The molecular formula is C28H35N5O3S2. The van der Waals surface area contributed by atoms with Gasteiger partial charge >= 0.3 is 0 Å². The van der Waals surface area contributed by atoms with Gasteiger partial charge in [0.15, 0.2) is 22.5 Å². The summed E-state index contributed by atoms with van der Waals surface area (Å²) in [7, 11) is 1.85. The van der Waals surface area contributed by atoms with Crippen LogP contribution in [0, 0.1) is 29.6 Å². The summed E-state index contributed by atoms with van der Waals surface area (Å²) in [5.74, 6) is 2.56. The fourth-order valence-electron chi connectivity index (χ4n) is 4.57. The standard InChI is InChI=1S/C28H35N5O3S2/c1-7-35-22-12-17(2)8-11-21(22)36-15-24-31-32-27(33(24)6)37-16-25(34)30-26-20(14-29)19-10-9-18(28(3,4)5)13-23(19)38-26/h8,11-12,18H,7,9-10,13,15-16H2,1-6H3,(H,30,34)/t18-/m0/s1. The van der Waals surface area contributed by atoms with Crippen molar-refractivity contribution in [3.63, 3.8) is 0 Å². The number of amides is 1. The average Bonchev–Trinajstić information content (AvgIpc) is 3.40. The number of anilines is 1. The zero-order valence-corrected chi connectivity index (χ0v) is 24.5. The van der Waals surface area contributed by atoms with E-state index >= 15 is 0 Å². The predicted molar refractivity (Wildman–Crippen MR) is 151 cm³/mol. The van der Waals surface area contributed by atoms with E-state index < -0.39 is 0 Å². The van der Waals surface area contributed by atoms with Crippen LogP contribution in [0.25, 0.3) is 0 Å². The van der Waals surface area contributed by atoms with Gasteiger partial charge in [0, 0.05) is 11.9 Å². The lowest BCUT2D eigenvalue weighted by atomic mass is 9.72. The second-order valence-electron chi connectivity index (χ2n) is 10.6. The topological polar surface area (TPSA) is 102 Å². The number of hydrogen-bond donors (Lipinski definition) is 1. The maximum absolute atomic E-state index is 12.8. The van der Waals surface area contributed by atoms with Crippen LogP contribution in [-0.2, 0) is 31.3 Å². The van der Waals surface area contributed by atoms with Crippen molar-refractivity contribution in [3.05, 3.63) is 45.6 Å². The van der Waals surface area contributed by atoms with Crippen molar-refractivity contribution < 1.29 is 14.3 Å². The van der Waals surface area contributed by atoms with Crippen LogP contribution in [0.5, 0.6) is 11.5 Å². The van der Waals surface area contributed by atoms with Crippen molar-refractivity contribution in [2.75, 3.05) is 17.7 Å². The molecule has 38 heavy (non-hydrogen) atoms. The number of carbonyl (C=O) groups is 1. The van der Waals surface area contributed by atoms with E-state index in [4.69, 9.17) is 9.47 Å². The number of fused-ring (bicyclic) bond motifs is 1. The van der Waals surface area contributed by atoms with Gasteiger partial charge in [0.25, 0.3) is 0 Å². The summed E-state index contributed by atoms with van der Waals surface area (Å²) in [5.41, 5.74) is 3.05. The summed E-state index contributed by atoms with van der Waals surface area (Å²) < 4.78 is 13.5. The Bertz CT molecular complexity index is 1350. The third-order valence-corrected chi connectivity index (χ3v) is 9.06. The van der Waals surface area contributed by atoms with Gasteiger partial charge < -0.3 is 19.4 Å². The van der Waals surface area contributed by atoms with Gasteiger partial charge in [-0.3, -0.25) is 4.79 Å². The van der Waals surface area contributed by atoms with E-state index in [9.17, 15) is 10.1 Å². The van der Waals surface area contributed by atoms with Crippen molar-refractivity contribution in [1.29, 1.82) is 5.26 Å². The van der Waals surface area contributed by atoms with E-state index in [1.54, 1.807) is 11.3 Å². The first-order valence-electron chi connectivity index (χ1n) is 12.8. The Morgan fingerprint density at radius 1 is 1.29 bits per heavy atom. The van der Waals surface area contributed by atoms with Crippen LogP contribution in [-0.4, -0.2) is 33.0 Å². The average molecular weight is 554 g/mol. The molecule has 4 rings (SSSR count). The first-order chi connectivity index (χ1) is 18.1. The van der Waals surface area contributed by atoms with Crippen molar-refractivity contribution in [2.45, 2.75) is 65.6 Å². The fraction of sp³-hybridized carbons (Fsp3) is 0.500. The molecule has 0 unspecified atom stereocenters. The number of thioether (sulfide) groups is 1. The summed E-state index contributed by atoms with van der Waals surface area (Å²) in [5, 5.41) is 22.5. The van der Waals surface area contributed by atoms with Gasteiger partial charge in [-0.25, -0.2) is 0 Å². The van der Waals surface area contributed by atoms with Crippen molar-refractivity contribution in [3.8, 4) is 17.6 Å². The zero-order valence-electron chi connectivity index (χ0n) is 22.9. The SMILES string of the molecule is CCOc1cc(C)ccc1OCc1nnc(SCC(=O)Nc2sc3c(c2C#N)CC[C@H](C(C)(C)C)C3)n1C. The van der Waals surface area contributed by atoms with E-state index in [1.165, 1.54) is 16.6 Å². The number of benzene rings is 1. The Labute approximate surface area is 232 Å². The van der Waals surface area contributed by atoms with Gasteiger partial charge in [0.1, 0.15) is 17.7 Å². The maximum Gasteiger partial charge on any atom is 0.235 e. The lowest BCUT2D eigenvalue weighted by Crippen LogP contribution is -2.26. The third kappa shape index (κ3) is 6.33. The predicted octanol–water partition coefficient (Wildman–Crippen LogP) is 5.92. The molecule has 0 spiro atoms. The minimum Gasteiger partial charge on any atom is -0.490 e. The first kappa shape index (κ1) is 28.0. The lowest BCUT2D eigenvalue weighted by Gasteiger charge is -2.33. The minimum atomic E-state index is -0.167. The number of aryl methyl sites for hydroxylation is 1. The number of ether oxygens (including phenoxy) is 2. The molecule has 1 aliphatic carbocycles. The van der Waals surface area contributed by atoms with Gasteiger partial charge in [-0.05, 0) is 67.7 Å². The number of nitrogens with one attached hydrogen (secondary N) is 1. The molecule has 0 saturated heterocycles. The van der Waals surface area contributed by atoms with Crippen LogP contribution < -0.4 is 14.8 Å². The molecule has 8 nitrogen and oxygen atoms in total. The Hall–Kier alpha value is -3.03. The fourth-order valence-corrected chi connectivity index (χ4v) is 6.59. The Morgan fingerprint density at radius 2 is 2.08 bits per heavy atom. The Morgan fingerprint density at radius 3 is 2.79 bits per heavy atom. The van der Waals surface area contributed by atoms with Gasteiger partial charge in [-0.2, -0.15) is 5.26 Å². The van der Waals surface area contributed by atoms with E-state index in [-0.39, 0.29) is 23.7 Å². The number of hydrogen-bond acceptors (Lipinski definition) is 8. The van der Waals surface area contributed by atoms with E-state index in [2.05, 4.69) is 42.4 Å². The van der Waals surface area contributed by atoms with E-state index in [0.717, 1.165) is 30.4 Å². The number of rotatable bonds is 9. The molecule has 2 heterocycles. The van der Waals surface area contributed by atoms with Crippen LogP contribution in [0.1, 0.15) is 61.5 Å². The van der Waals surface area contributed by atoms with Gasteiger partial charge in [0.05, 0.1) is 17.9 Å². The molecule has 10 heteroatoms. The number of thiophene rings is 1. The Balaban J connectivity index is 1.36. The van der Waals surface area contributed by atoms with Crippen molar-refractivity contribution >= 4 is 34.0 Å². The number of carbonyl (C=O) groups excluding carboxylic acids is 1. The molecule has 1 atom stereocenters. The molecule has 0 aliphatic heterocycles. The van der Waals surface area contributed by atoms with Gasteiger partial charge in [-0.1, -0.05) is 38.6 Å². The maximum atomic E-state index is 12.8. The number of aromatic nitrogens is 3. The van der Waals surface area contributed by atoms with Crippen LogP contribution in [0.3, 0.4) is 0 Å². The van der Waals surface area contributed by atoms with Crippen LogP contribution in [0.4, 0.5) is 5.00 Å². The summed E-state index contributed by atoms with van der Waals surface area (Å²) in [6, 6.07) is 8.13. The molecule has 2 aromatic heterocycles. The largest absolute Gasteiger partial charge is 0.490 e. The van der Waals surface area contributed by atoms with Crippen LogP contribution in [0.15, 0.2) is 23.4 Å². The monoisotopic (exact) mass is 553 g/mol. The van der Waals surface area contributed by atoms with Crippen molar-refractivity contribution in [2.24, 2.45) is 18.4 Å². The highest BCUT2D eigenvalue weighted by Gasteiger charge is 2.32. The molecule has 0 radical (unpaired) electrons. The molecular weight excluding hydrogens is 518 g/mol. The highest BCUT2D eigenvalue weighted by Crippen LogP contribution is 2.44. The second kappa shape index (κ2) is 11.8. The molecule has 1 amide bonds. The molecule has 1 aliphatic rings. The molecule has 1 N–H and O–H groups in total. The second-order valence-corrected chi connectivity index (χ2v) is 12.6. The van der Waals surface area contributed by atoms with Crippen LogP contribution in [0.2, 0.25) is 0 Å². The van der Waals surface area contributed by atoms with Gasteiger partial charge in [0.2, 0.25) is 5.91 Å². The quantitative estimate of drug-likeness (QED) is 0.328. The van der Waals surface area contributed by atoms with E-state index in [1.807, 2.05) is 43.7 Å². The van der Waals surface area contributed by atoms with Gasteiger partial charge in [-0.15, -0.1) is 21.5 Å². The van der Waals surface area contributed by atoms with E-state index in [0.29, 0.717) is 45.6 Å². The zero-order chi connectivity index (χ0) is 27.4. The third-order valence-electron chi connectivity index (χ3n) is 6.87. The summed E-state index contributed by atoms with van der Waals surface area (Å²) >= 11 is 2.85. The number of nitriles is 1. The number of nitrogens with zero attached hydrogens (tertiary/aromatic N) is 4. The molecule has 0 fully saturated rings. The normalized spacial score (nSPS) is 15.0. The molecule has 1 aromatic carbocycles. The highest BCUT2D eigenvalue weighted by molar-refractivity contribution is 7.99. The Kier molecular flexibility index (Phi) is 8.68. The lowest BCUT2D eigenvalue weighted by molar-refractivity contribution is -0.113. The summed E-state index contributed by atoms with van der Waals surface area (Å²) in [4.78, 5) is 14.0. The highest BCUT2D eigenvalue weighted by atomic mass is 32.2. The summed E-state index contributed by atoms with van der Waals surface area (Å²) in [6.07, 6.45) is 2.92. The van der Waals surface area contributed by atoms with Crippen LogP contribution >= 0.6 is 23.1 Å². The van der Waals surface area contributed by atoms with Crippen molar-refractivity contribution in [1.82, 2.24) is 14.8 Å². The smallest absolute Gasteiger partial charge is 0.235 e.